The van der Waals surface area contributed by atoms with Gasteiger partial charge in [0.1, 0.15) is 5.82 Å². The lowest BCUT2D eigenvalue weighted by Gasteiger charge is -2.40. The molecule has 0 atom stereocenters. The van der Waals surface area contributed by atoms with Crippen molar-refractivity contribution >= 4 is 11.8 Å². The van der Waals surface area contributed by atoms with Crippen LogP contribution in [-0.2, 0) is 6.54 Å². The van der Waals surface area contributed by atoms with E-state index in [1.807, 2.05) is 18.5 Å². The number of piperazine rings is 1. The molecule has 0 bridgehead atoms. The molecule has 2 aromatic rings. The van der Waals surface area contributed by atoms with Crippen LogP contribution in [0.4, 0.5) is 4.39 Å². The van der Waals surface area contributed by atoms with Crippen molar-refractivity contribution in [2.45, 2.75) is 25.4 Å². The molecule has 134 valence electrons. The number of halogens is 1. The van der Waals surface area contributed by atoms with Gasteiger partial charge in [0.05, 0.1) is 11.9 Å². The summed E-state index contributed by atoms with van der Waals surface area (Å²) in [5.41, 5.74) is 1.96. The van der Waals surface area contributed by atoms with E-state index in [2.05, 4.69) is 26.7 Å². The van der Waals surface area contributed by atoms with Crippen LogP contribution >= 0.6 is 11.8 Å². The normalized spacial score (nSPS) is 20.8. The Hall–Kier alpha value is -1.37. The highest BCUT2D eigenvalue weighted by Crippen LogP contribution is 2.23. The van der Waals surface area contributed by atoms with Gasteiger partial charge in [-0.25, -0.2) is 9.07 Å². The first-order chi connectivity index (χ1) is 12.3. The van der Waals surface area contributed by atoms with Crippen molar-refractivity contribution in [3.63, 3.8) is 0 Å². The Bertz CT molecular complexity index is 690. The highest BCUT2D eigenvalue weighted by atomic mass is 32.2. The zero-order chi connectivity index (χ0) is 17.1. The zero-order valence-corrected chi connectivity index (χ0v) is 15.3. The van der Waals surface area contributed by atoms with Crippen molar-refractivity contribution in [1.82, 2.24) is 19.6 Å². The SMILES string of the molecule is Fc1cccc(-n2cc(CN3CCN(C4CCSCC4)CC3)cn2)c1. The van der Waals surface area contributed by atoms with Crippen molar-refractivity contribution in [3.05, 3.63) is 48.0 Å². The van der Waals surface area contributed by atoms with E-state index in [4.69, 9.17) is 0 Å². The molecule has 3 heterocycles. The Kier molecular flexibility index (Phi) is 5.39. The minimum Gasteiger partial charge on any atom is -0.298 e. The summed E-state index contributed by atoms with van der Waals surface area (Å²) in [4.78, 5) is 5.19. The van der Waals surface area contributed by atoms with E-state index in [9.17, 15) is 4.39 Å². The average molecular weight is 361 g/mol. The molecule has 2 aliphatic rings. The van der Waals surface area contributed by atoms with Crippen LogP contribution in [-0.4, -0.2) is 63.3 Å². The van der Waals surface area contributed by atoms with Gasteiger partial charge in [-0.05, 0) is 42.5 Å². The van der Waals surface area contributed by atoms with E-state index in [1.54, 1.807) is 10.7 Å². The fourth-order valence-electron chi connectivity index (χ4n) is 3.80. The fourth-order valence-corrected chi connectivity index (χ4v) is 4.88. The topological polar surface area (TPSA) is 24.3 Å². The third kappa shape index (κ3) is 4.25. The van der Waals surface area contributed by atoms with E-state index in [0.717, 1.165) is 31.4 Å². The van der Waals surface area contributed by atoms with Gasteiger partial charge in [0.25, 0.3) is 0 Å². The Morgan fingerprint density at radius 2 is 1.92 bits per heavy atom. The molecule has 0 saturated carbocycles. The molecule has 2 aliphatic heterocycles. The molecule has 4 rings (SSSR count). The highest BCUT2D eigenvalue weighted by Gasteiger charge is 2.25. The number of rotatable bonds is 4. The lowest BCUT2D eigenvalue weighted by atomic mass is 10.1. The van der Waals surface area contributed by atoms with Gasteiger partial charge in [0.15, 0.2) is 0 Å². The molecule has 0 unspecified atom stereocenters. The predicted molar refractivity (Wildman–Crippen MR) is 101 cm³/mol. The Balaban J connectivity index is 1.31. The van der Waals surface area contributed by atoms with E-state index < -0.39 is 0 Å². The second-order valence-electron chi connectivity index (χ2n) is 6.93. The quantitative estimate of drug-likeness (QED) is 0.837. The highest BCUT2D eigenvalue weighted by molar-refractivity contribution is 7.99. The van der Waals surface area contributed by atoms with Crippen LogP contribution in [0.1, 0.15) is 18.4 Å². The van der Waals surface area contributed by atoms with Crippen LogP contribution in [0, 0.1) is 5.82 Å². The lowest BCUT2D eigenvalue weighted by Crippen LogP contribution is -2.50. The zero-order valence-electron chi connectivity index (χ0n) is 14.5. The van der Waals surface area contributed by atoms with Crippen LogP contribution in [0.2, 0.25) is 0 Å². The average Bonchev–Trinajstić information content (AvgIpc) is 3.12. The molecular formula is C19H25FN4S. The summed E-state index contributed by atoms with van der Waals surface area (Å²) in [6.07, 6.45) is 6.62. The summed E-state index contributed by atoms with van der Waals surface area (Å²) in [7, 11) is 0. The van der Waals surface area contributed by atoms with Gasteiger partial charge >= 0.3 is 0 Å². The standard InChI is InChI=1S/C19H25FN4S/c20-17-2-1-3-19(12-17)24-15-16(13-21-24)14-22-6-8-23(9-7-22)18-4-10-25-11-5-18/h1-3,12-13,15,18H,4-11,14H2. The number of nitrogens with zero attached hydrogens (tertiary/aromatic N) is 4. The molecule has 0 amide bonds. The van der Waals surface area contributed by atoms with Gasteiger partial charge < -0.3 is 0 Å². The van der Waals surface area contributed by atoms with E-state index >= 15 is 0 Å². The monoisotopic (exact) mass is 360 g/mol. The lowest BCUT2D eigenvalue weighted by molar-refractivity contribution is 0.0880. The number of thioether (sulfide) groups is 1. The first kappa shape index (κ1) is 17.1. The van der Waals surface area contributed by atoms with Gasteiger partial charge in [-0.2, -0.15) is 16.9 Å². The summed E-state index contributed by atoms with van der Waals surface area (Å²) in [6, 6.07) is 7.37. The summed E-state index contributed by atoms with van der Waals surface area (Å²) in [6.45, 7) is 5.51. The first-order valence-electron chi connectivity index (χ1n) is 9.11. The van der Waals surface area contributed by atoms with E-state index in [1.165, 1.54) is 55.1 Å². The van der Waals surface area contributed by atoms with Gasteiger partial charge in [0, 0.05) is 50.5 Å². The minimum absolute atomic E-state index is 0.230. The van der Waals surface area contributed by atoms with Crippen LogP contribution in [0.15, 0.2) is 36.7 Å². The van der Waals surface area contributed by atoms with Crippen molar-refractivity contribution in [2.75, 3.05) is 37.7 Å². The molecule has 2 fully saturated rings. The van der Waals surface area contributed by atoms with Crippen LogP contribution in [0.3, 0.4) is 0 Å². The molecule has 4 nitrogen and oxygen atoms in total. The maximum absolute atomic E-state index is 13.4. The molecule has 1 aromatic heterocycles. The fraction of sp³-hybridized carbons (Fsp3) is 0.526. The molecular weight excluding hydrogens is 335 g/mol. The number of aromatic nitrogens is 2. The second kappa shape index (κ2) is 7.89. The smallest absolute Gasteiger partial charge is 0.125 e. The van der Waals surface area contributed by atoms with Gasteiger partial charge in [-0.1, -0.05) is 6.07 Å². The maximum Gasteiger partial charge on any atom is 0.125 e. The molecule has 2 saturated heterocycles. The third-order valence-corrected chi connectivity index (χ3v) is 6.28. The maximum atomic E-state index is 13.4. The number of hydrogen-bond acceptors (Lipinski definition) is 4. The number of benzene rings is 1. The minimum atomic E-state index is -0.230. The molecule has 0 aliphatic carbocycles. The van der Waals surface area contributed by atoms with E-state index in [-0.39, 0.29) is 5.82 Å². The summed E-state index contributed by atoms with van der Waals surface area (Å²) < 4.78 is 15.1. The summed E-state index contributed by atoms with van der Waals surface area (Å²) in [5.74, 6) is 2.42. The summed E-state index contributed by atoms with van der Waals surface area (Å²) >= 11 is 2.10. The summed E-state index contributed by atoms with van der Waals surface area (Å²) in [5, 5.41) is 4.39. The third-order valence-electron chi connectivity index (χ3n) is 5.23. The van der Waals surface area contributed by atoms with Gasteiger partial charge in [-0.3, -0.25) is 9.80 Å². The number of hydrogen-bond donors (Lipinski definition) is 0. The van der Waals surface area contributed by atoms with Crippen LogP contribution in [0.5, 0.6) is 0 Å². The molecule has 25 heavy (non-hydrogen) atoms. The molecule has 6 heteroatoms. The van der Waals surface area contributed by atoms with Crippen molar-refractivity contribution in [1.29, 1.82) is 0 Å². The molecule has 0 radical (unpaired) electrons. The first-order valence-corrected chi connectivity index (χ1v) is 10.3. The Morgan fingerprint density at radius 1 is 1.12 bits per heavy atom. The van der Waals surface area contributed by atoms with Crippen molar-refractivity contribution in [2.24, 2.45) is 0 Å². The van der Waals surface area contributed by atoms with E-state index in [0.29, 0.717) is 0 Å². The van der Waals surface area contributed by atoms with Crippen molar-refractivity contribution < 1.29 is 4.39 Å². The Labute approximate surface area is 153 Å². The van der Waals surface area contributed by atoms with Gasteiger partial charge in [0.2, 0.25) is 0 Å². The largest absolute Gasteiger partial charge is 0.298 e. The molecule has 0 spiro atoms. The molecule has 1 aromatic carbocycles. The van der Waals surface area contributed by atoms with Gasteiger partial charge in [-0.15, -0.1) is 0 Å². The molecule has 0 N–H and O–H groups in total. The van der Waals surface area contributed by atoms with Crippen molar-refractivity contribution in [3.8, 4) is 5.69 Å². The van der Waals surface area contributed by atoms with Crippen LogP contribution in [0.25, 0.3) is 5.69 Å². The second-order valence-corrected chi connectivity index (χ2v) is 8.15. The van der Waals surface area contributed by atoms with Crippen LogP contribution < -0.4 is 0 Å². The predicted octanol–water partition coefficient (Wildman–Crippen LogP) is 3.02. The Morgan fingerprint density at radius 3 is 2.68 bits per heavy atom.